The molecule has 3 N–H and O–H groups in total. The van der Waals surface area contributed by atoms with E-state index in [1.807, 2.05) is 30.3 Å². The summed E-state index contributed by atoms with van der Waals surface area (Å²) < 4.78 is 5.20. The summed E-state index contributed by atoms with van der Waals surface area (Å²) in [5, 5.41) is 2.79. The molecule has 3 rings (SSSR count). The van der Waals surface area contributed by atoms with Gasteiger partial charge >= 0.3 is 0 Å². The minimum Gasteiger partial charge on any atom is -0.461 e. The highest BCUT2D eigenvalue weighted by Gasteiger charge is 2.14. The lowest BCUT2D eigenvalue weighted by Gasteiger charge is -2.07. The second-order valence-electron chi connectivity index (χ2n) is 4.64. The molecule has 1 amide bonds. The van der Waals surface area contributed by atoms with E-state index < -0.39 is 0 Å². The standard InChI is InChI=1S/C16H14N4O2/c17-14-12(10-18-15(20-14)13-7-4-8-22-13)16(21)19-9-11-5-2-1-3-6-11/h1-8,10H,9H2,(H,19,21)(H2,17,18,20). The number of amides is 1. The Bertz CT molecular complexity index is 770. The fraction of sp³-hybridized carbons (Fsp3) is 0.0625. The van der Waals surface area contributed by atoms with Crippen molar-refractivity contribution in [2.24, 2.45) is 0 Å². The zero-order valence-corrected chi connectivity index (χ0v) is 11.7. The van der Waals surface area contributed by atoms with E-state index in [1.165, 1.54) is 12.5 Å². The number of carbonyl (C=O) groups excluding carboxylic acids is 1. The van der Waals surface area contributed by atoms with Crippen LogP contribution in [0, 0.1) is 0 Å². The normalized spacial score (nSPS) is 10.4. The molecule has 1 aromatic carbocycles. The quantitative estimate of drug-likeness (QED) is 0.769. The van der Waals surface area contributed by atoms with Crippen LogP contribution in [-0.2, 0) is 6.54 Å². The summed E-state index contributed by atoms with van der Waals surface area (Å²) in [6.45, 7) is 0.416. The van der Waals surface area contributed by atoms with Crippen molar-refractivity contribution in [1.29, 1.82) is 0 Å². The van der Waals surface area contributed by atoms with E-state index in [9.17, 15) is 4.79 Å². The van der Waals surface area contributed by atoms with Crippen LogP contribution in [0.5, 0.6) is 0 Å². The van der Waals surface area contributed by atoms with E-state index in [2.05, 4.69) is 15.3 Å². The summed E-state index contributed by atoms with van der Waals surface area (Å²) in [5.41, 5.74) is 7.09. The summed E-state index contributed by atoms with van der Waals surface area (Å²) in [4.78, 5) is 20.4. The first kappa shape index (κ1) is 13.8. The molecule has 0 atom stereocenters. The van der Waals surface area contributed by atoms with Crippen LogP contribution in [0.2, 0.25) is 0 Å². The Kier molecular flexibility index (Phi) is 3.82. The predicted molar refractivity (Wildman–Crippen MR) is 81.8 cm³/mol. The lowest BCUT2D eigenvalue weighted by molar-refractivity contribution is 0.0951. The molecule has 6 heteroatoms. The molecule has 2 heterocycles. The Balaban J connectivity index is 1.73. The molecule has 0 radical (unpaired) electrons. The maximum absolute atomic E-state index is 12.1. The minimum absolute atomic E-state index is 0.118. The van der Waals surface area contributed by atoms with Crippen LogP contribution in [0.3, 0.4) is 0 Å². The summed E-state index contributed by atoms with van der Waals surface area (Å²) in [7, 11) is 0. The van der Waals surface area contributed by atoms with E-state index >= 15 is 0 Å². The topological polar surface area (TPSA) is 94.0 Å². The largest absolute Gasteiger partial charge is 0.461 e. The van der Waals surface area contributed by atoms with Crippen molar-refractivity contribution in [3.05, 3.63) is 66.1 Å². The van der Waals surface area contributed by atoms with Crippen molar-refractivity contribution in [2.45, 2.75) is 6.54 Å². The first-order valence-electron chi connectivity index (χ1n) is 6.72. The smallest absolute Gasteiger partial charge is 0.256 e. The molecule has 0 bridgehead atoms. The van der Waals surface area contributed by atoms with Crippen molar-refractivity contribution in [3.63, 3.8) is 0 Å². The second kappa shape index (κ2) is 6.09. The van der Waals surface area contributed by atoms with Gasteiger partial charge in [-0.1, -0.05) is 30.3 Å². The Morgan fingerprint density at radius 2 is 2.00 bits per heavy atom. The van der Waals surface area contributed by atoms with Crippen molar-refractivity contribution in [1.82, 2.24) is 15.3 Å². The molecular formula is C16H14N4O2. The number of anilines is 1. The van der Waals surface area contributed by atoms with Gasteiger partial charge in [0.15, 0.2) is 11.6 Å². The average molecular weight is 294 g/mol. The zero-order chi connectivity index (χ0) is 15.4. The van der Waals surface area contributed by atoms with E-state index in [0.717, 1.165) is 5.56 Å². The van der Waals surface area contributed by atoms with Crippen molar-refractivity contribution < 1.29 is 9.21 Å². The number of hydrogen-bond acceptors (Lipinski definition) is 5. The first-order valence-corrected chi connectivity index (χ1v) is 6.72. The van der Waals surface area contributed by atoms with Gasteiger partial charge in [-0.2, -0.15) is 0 Å². The zero-order valence-electron chi connectivity index (χ0n) is 11.7. The first-order chi connectivity index (χ1) is 10.7. The second-order valence-corrected chi connectivity index (χ2v) is 4.64. The minimum atomic E-state index is -0.313. The van der Waals surface area contributed by atoms with Gasteiger partial charge in [-0.25, -0.2) is 9.97 Å². The molecule has 0 aliphatic carbocycles. The van der Waals surface area contributed by atoms with Crippen LogP contribution in [0.15, 0.2) is 59.3 Å². The number of rotatable bonds is 4. The third-order valence-electron chi connectivity index (χ3n) is 3.10. The number of nitrogens with one attached hydrogen (secondary N) is 1. The number of benzene rings is 1. The van der Waals surface area contributed by atoms with Gasteiger partial charge in [0.25, 0.3) is 5.91 Å². The Labute approximate surface area is 127 Å². The molecule has 0 saturated heterocycles. The molecule has 2 aromatic heterocycles. The molecule has 0 fully saturated rings. The van der Waals surface area contributed by atoms with E-state index in [1.54, 1.807) is 12.1 Å². The van der Waals surface area contributed by atoms with Crippen LogP contribution in [0.1, 0.15) is 15.9 Å². The van der Waals surface area contributed by atoms with Gasteiger partial charge in [-0.3, -0.25) is 4.79 Å². The lowest BCUT2D eigenvalue weighted by Crippen LogP contribution is -2.24. The monoisotopic (exact) mass is 294 g/mol. The third kappa shape index (κ3) is 2.95. The molecule has 3 aromatic rings. The number of nitrogens with zero attached hydrogens (tertiary/aromatic N) is 2. The van der Waals surface area contributed by atoms with Gasteiger partial charge in [-0.15, -0.1) is 0 Å². The SMILES string of the molecule is Nc1nc(-c2ccco2)ncc1C(=O)NCc1ccccc1. The Hall–Kier alpha value is -3.15. The van der Waals surface area contributed by atoms with E-state index in [0.29, 0.717) is 18.1 Å². The molecule has 0 aliphatic heterocycles. The third-order valence-corrected chi connectivity index (χ3v) is 3.10. The number of aromatic nitrogens is 2. The molecule has 0 unspecified atom stereocenters. The van der Waals surface area contributed by atoms with Crippen LogP contribution in [-0.4, -0.2) is 15.9 Å². The van der Waals surface area contributed by atoms with Crippen molar-refractivity contribution in [3.8, 4) is 11.6 Å². The van der Waals surface area contributed by atoms with Crippen LogP contribution < -0.4 is 11.1 Å². The number of nitrogens with two attached hydrogens (primary N) is 1. The van der Waals surface area contributed by atoms with Crippen LogP contribution in [0.4, 0.5) is 5.82 Å². The highest BCUT2D eigenvalue weighted by molar-refractivity contribution is 5.98. The molecule has 6 nitrogen and oxygen atoms in total. The average Bonchev–Trinajstić information content (AvgIpc) is 3.08. The summed E-state index contributed by atoms with van der Waals surface area (Å²) in [6.07, 6.45) is 2.93. The fourth-order valence-corrected chi connectivity index (χ4v) is 1.97. The van der Waals surface area contributed by atoms with E-state index in [-0.39, 0.29) is 17.3 Å². The van der Waals surface area contributed by atoms with Gasteiger partial charge in [0.2, 0.25) is 0 Å². The number of nitrogen functional groups attached to an aromatic ring is 1. The number of furan rings is 1. The van der Waals surface area contributed by atoms with E-state index in [4.69, 9.17) is 10.2 Å². The molecule has 110 valence electrons. The maximum Gasteiger partial charge on any atom is 0.256 e. The van der Waals surface area contributed by atoms with Gasteiger partial charge in [0, 0.05) is 12.7 Å². The van der Waals surface area contributed by atoms with Gasteiger partial charge in [0.1, 0.15) is 5.82 Å². The predicted octanol–water partition coefficient (Wildman–Crippen LogP) is 2.25. The fourth-order valence-electron chi connectivity index (χ4n) is 1.97. The lowest BCUT2D eigenvalue weighted by atomic mass is 10.2. The molecule has 22 heavy (non-hydrogen) atoms. The highest BCUT2D eigenvalue weighted by Crippen LogP contribution is 2.17. The van der Waals surface area contributed by atoms with Crippen LogP contribution >= 0.6 is 0 Å². The molecule has 0 saturated carbocycles. The van der Waals surface area contributed by atoms with Crippen molar-refractivity contribution >= 4 is 11.7 Å². The number of hydrogen-bond donors (Lipinski definition) is 2. The number of carbonyl (C=O) groups is 1. The summed E-state index contributed by atoms with van der Waals surface area (Å²) in [6, 6.07) is 13.1. The summed E-state index contributed by atoms with van der Waals surface area (Å²) >= 11 is 0. The van der Waals surface area contributed by atoms with Gasteiger partial charge in [-0.05, 0) is 17.7 Å². The van der Waals surface area contributed by atoms with Gasteiger partial charge < -0.3 is 15.5 Å². The summed E-state index contributed by atoms with van der Waals surface area (Å²) in [5.74, 6) is 0.657. The Morgan fingerprint density at radius 1 is 1.18 bits per heavy atom. The maximum atomic E-state index is 12.1. The van der Waals surface area contributed by atoms with Crippen molar-refractivity contribution in [2.75, 3.05) is 5.73 Å². The molecule has 0 spiro atoms. The molecular weight excluding hydrogens is 280 g/mol. The Morgan fingerprint density at radius 3 is 2.68 bits per heavy atom. The van der Waals surface area contributed by atoms with Gasteiger partial charge in [0.05, 0.1) is 11.8 Å². The highest BCUT2D eigenvalue weighted by atomic mass is 16.3. The molecule has 0 aliphatic rings. The van der Waals surface area contributed by atoms with Crippen LogP contribution in [0.25, 0.3) is 11.6 Å².